The van der Waals surface area contributed by atoms with E-state index in [1.807, 2.05) is 31.6 Å². The third-order valence-corrected chi connectivity index (χ3v) is 3.37. The summed E-state index contributed by atoms with van der Waals surface area (Å²) in [4.78, 5) is 4.07. The van der Waals surface area contributed by atoms with Gasteiger partial charge in [-0.2, -0.15) is 0 Å². The first-order valence-corrected chi connectivity index (χ1v) is 6.18. The maximum atomic E-state index is 5.85. The molecule has 0 aliphatic carbocycles. The zero-order chi connectivity index (χ0) is 12.4. The summed E-state index contributed by atoms with van der Waals surface area (Å²) in [5.41, 5.74) is 5.08. The highest BCUT2D eigenvalue weighted by Gasteiger charge is 2.24. The van der Waals surface area contributed by atoms with E-state index in [4.69, 9.17) is 4.74 Å². The predicted molar refractivity (Wildman–Crippen MR) is 78.4 cm³/mol. The summed E-state index contributed by atoms with van der Waals surface area (Å²) in [6.45, 7) is 1.55. The minimum atomic E-state index is 0. The van der Waals surface area contributed by atoms with Crippen LogP contribution in [-0.2, 0) is 11.3 Å². The summed E-state index contributed by atoms with van der Waals surface area (Å²) in [5.74, 6) is 0. The lowest BCUT2D eigenvalue weighted by molar-refractivity contribution is 0.0675. The van der Waals surface area contributed by atoms with Crippen molar-refractivity contribution in [3.63, 3.8) is 0 Å². The van der Waals surface area contributed by atoms with E-state index >= 15 is 0 Å². The maximum absolute atomic E-state index is 5.85. The van der Waals surface area contributed by atoms with Crippen LogP contribution < -0.4 is 5.32 Å². The Morgan fingerprint density at radius 2 is 2.05 bits per heavy atom. The summed E-state index contributed by atoms with van der Waals surface area (Å²) in [6.07, 6.45) is 3.83. The van der Waals surface area contributed by atoms with Gasteiger partial charge in [-0.3, -0.25) is 4.98 Å². The first-order valence-electron chi connectivity index (χ1n) is 6.18. The van der Waals surface area contributed by atoms with Crippen molar-refractivity contribution in [2.45, 2.75) is 12.7 Å². The van der Waals surface area contributed by atoms with Crippen molar-refractivity contribution >= 4 is 12.4 Å². The van der Waals surface area contributed by atoms with Crippen molar-refractivity contribution in [3.05, 3.63) is 53.9 Å². The van der Waals surface area contributed by atoms with Crippen LogP contribution in [0.15, 0.2) is 42.7 Å². The lowest BCUT2D eigenvalue weighted by atomic mass is 9.95. The van der Waals surface area contributed by atoms with Crippen LogP contribution >= 0.6 is 12.4 Å². The maximum Gasteiger partial charge on any atom is 0.0957 e. The molecule has 0 saturated carbocycles. The lowest BCUT2D eigenvalue weighted by Gasteiger charge is -2.11. The number of nitrogens with zero attached hydrogens (tertiary/aromatic N) is 1. The summed E-state index contributed by atoms with van der Waals surface area (Å²) in [5, 5.41) is 3.17. The van der Waals surface area contributed by atoms with E-state index in [-0.39, 0.29) is 18.5 Å². The van der Waals surface area contributed by atoms with Gasteiger partial charge in [0.15, 0.2) is 0 Å². The Labute approximate surface area is 119 Å². The zero-order valence-corrected chi connectivity index (χ0v) is 11.6. The van der Waals surface area contributed by atoms with Gasteiger partial charge in [0, 0.05) is 18.9 Å². The van der Waals surface area contributed by atoms with Crippen molar-refractivity contribution < 1.29 is 4.74 Å². The molecule has 1 aliphatic heterocycles. The standard InChI is InChI=1S/C15H16N2O.ClH/c1-16-9-15-13-4-2-3-12(14(13)10-18-15)11-5-7-17-8-6-11;/h2-8,15-16H,9-10H2,1H3;1H. The summed E-state index contributed by atoms with van der Waals surface area (Å²) in [7, 11) is 1.95. The van der Waals surface area contributed by atoms with Crippen LogP contribution in [0, 0.1) is 0 Å². The highest BCUT2D eigenvalue weighted by molar-refractivity contribution is 5.85. The van der Waals surface area contributed by atoms with E-state index in [0.717, 1.165) is 6.54 Å². The molecule has 3 nitrogen and oxygen atoms in total. The van der Waals surface area contributed by atoms with Gasteiger partial charge in [-0.25, -0.2) is 0 Å². The number of ether oxygens (including phenoxy) is 1. The molecule has 0 amide bonds. The van der Waals surface area contributed by atoms with Crippen molar-refractivity contribution in [2.75, 3.05) is 13.6 Å². The molecule has 2 aromatic rings. The Hall–Kier alpha value is -1.42. The van der Waals surface area contributed by atoms with Crippen LogP contribution in [-0.4, -0.2) is 18.6 Å². The second-order valence-corrected chi connectivity index (χ2v) is 4.47. The van der Waals surface area contributed by atoms with Crippen molar-refractivity contribution in [3.8, 4) is 11.1 Å². The van der Waals surface area contributed by atoms with E-state index in [0.29, 0.717) is 6.61 Å². The van der Waals surface area contributed by atoms with Gasteiger partial charge < -0.3 is 10.1 Å². The number of pyridine rings is 1. The quantitative estimate of drug-likeness (QED) is 0.936. The Morgan fingerprint density at radius 1 is 1.26 bits per heavy atom. The van der Waals surface area contributed by atoms with Crippen LogP contribution in [0.2, 0.25) is 0 Å². The van der Waals surface area contributed by atoms with Crippen LogP contribution in [0.1, 0.15) is 17.2 Å². The van der Waals surface area contributed by atoms with Gasteiger partial charge in [0.05, 0.1) is 12.7 Å². The molecule has 1 aliphatic rings. The third-order valence-electron chi connectivity index (χ3n) is 3.37. The molecule has 4 heteroatoms. The smallest absolute Gasteiger partial charge is 0.0957 e. The van der Waals surface area contributed by atoms with Crippen LogP contribution in [0.25, 0.3) is 11.1 Å². The lowest BCUT2D eigenvalue weighted by Crippen LogP contribution is -2.16. The molecule has 19 heavy (non-hydrogen) atoms. The fourth-order valence-corrected chi connectivity index (χ4v) is 2.50. The number of benzene rings is 1. The molecule has 1 atom stereocenters. The van der Waals surface area contributed by atoms with Crippen molar-refractivity contribution in [2.24, 2.45) is 0 Å². The minimum Gasteiger partial charge on any atom is -0.367 e. The molecule has 0 bridgehead atoms. The monoisotopic (exact) mass is 276 g/mol. The molecule has 3 rings (SSSR count). The third kappa shape index (κ3) is 2.63. The number of hydrogen-bond donors (Lipinski definition) is 1. The zero-order valence-electron chi connectivity index (χ0n) is 10.8. The minimum absolute atomic E-state index is 0. The molecule has 0 fully saturated rings. The fourth-order valence-electron chi connectivity index (χ4n) is 2.50. The largest absolute Gasteiger partial charge is 0.367 e. The molecule has 1 unspecified atom stereocenters. The average molecular weight is 277 g/mol. The molecule has 100 valence electrons. The number of likely N-dealkylation sites (N-methyl/N-ethyl adjacent to an activating group) is 1. The van der Waals surface area contributed by atoms with E-state index in [1.54, 1.807) is 0 Å². The second-order valence-electron chi connectivity index (χ2n) is 4.47. The van der Waals surface area contributed by atoms with Gasteiger partial charge in [0.2, 0.25) is 0 Å². The summed E-state index contributed by atoms with van der Waals surface area (Å²) >= 11 is 0. The van der Waals surface area contributed by atoms with Crippen LogP contribution in [0.5, 0.6) is 0 Å². The molecular weight excluding hydrogens is 260 g/mol. The Bertz CT molecular complexity index is 545. The Kier molecular flexibility index (Phi) is 4.53. The number of nitrogens with one attached hydrogen (secondary N) is 1. The van der Waals surface area contributed by atoms with E-state index in [9.17, 15) is 0 Å². The molecular formula is C15H17ClN2O. The first kappa shape index (κ1) is 14.0. The predicted octanol–water partition coefficient (Wildman–Crippen LogP) is 2.96. The number of fused-ring (bicyclic) bond motifs is 1. The molecule has 1 aromatic heterocycles. The Morgan fingerprint density at radius 3 is 2.79 bits per heavy atom. The topological polar surface area (TPSA) is 34.1 Å². The molecule has 0 radical (unpaired) electrons. The molecule has 0 spiro atoms. The molecule has 0 saturated heterocycles. The van der Waals surface area contributed by atoms with Gasteiger partial charge in [0.25, 0.3) is 0 Å². The van der Waals surface area contributed by atoms with Gasteiger partial charge in [-0.1, -0.05) is 18.2 Å². The SMILES string of the molecule is CNCC1OCc2c(-c3ccncc3)cccc21.Cl. The molecule has 1 aromatic carbocycles. The van der Waals surface area contributed by atoms with E-state index in [2.05, 4.69) is 28.5 Å². The van der Waals surface area contributed by atoms with E-state index < -0.39 is 0 Å². The summed E-state index contributed by atoms with van der Waals surface area (Å²) in [6, 6.07) is 10.5. The number of rotatable bonds is 3. The van der Waals surface area contributed by atoms with Crippen LogP contribution in [0.4, 0.5) is 0 Å². The molecule has 2 heterocycles. The fraction of sp³-hybridized carbons (Fsp3) is 0.267. The van der Waals surface area contributed by atoms with Crippen molar-refractivity contribution in [1.29, 1.82) is 0 Å². The van der Waals surface area contributed by atoms with E-state index in [1.165, 1.54) is 22.3 Å². The highest BCUT2D eigenvalue weighted by Crippen LogP contribution is 2.36. The number of aromatic nitrogens is 1. The average Bonchev–Trinajstić information content (AvgIpc) is 2.84. The highest BCUT2D eigenvalue weighted by atomic mass is 35.5. The summed E-state index contributed by atoms with van der Waals surface area (Å²) < 4.78 is 5.85. The molecule has 1 N–H and O–H groups in total. The van der Waals surface area contributed by atoms with Gasteiger partial charge in [0.1, 0.15) is 0 Å². The van der Waals surface area contributed by atoms with Gasteiger partial charge in [-0.05, 0) is 41.4 Å². The number of hydrogen-bond acceptors (Lipinski definition) is 3. The number of halogens is 1. The first-order chi connectivity index (χ1) is 8.90. The Balaban J connectivity index is 0.00000133. The second kappa shape index (κ2) is 6.15. The van der Waals surface area contributed by atoms with Crippen molar-refractivity contribution in [1.82, 2.24) is 10.3 Å². The van der Waals surface area contributed by atoms with Gasteiger partial charge >= 0.3 is 0 Å². The van der Waals surface area contributed by atoms with Gasteiger partial charge in [-0.15, -0.1) is 12.4 Å². The normalized spacial score (nSPS) is 16.8. The van der Waals surface area contributed by atoms with Crippen LogP contribution in [0.3, 0.4) is 0 Å².